The van der Waals surface area contributed by atoms with Gasteiger partial charge >= 0.3 is 5.97 Å². The molecule has 0 aliphatic heterocycles. The summed E-state index contributed by atoms with van der Waals surface area (Å²) >= 11 is 0. The lowest BCUT2D eigenvalue weighted by molar-refractivity contribution is -0.174. The van der Waals surface area contributed by atoms with E-state index in [0.717, 1.165) is 19.3 Å². The van der Waals surface area contributed by atoms with Crippen molar-refractivity contribution in [1.29, 1.82) is 0 Å². The highest BCUT2D eigenvalue weighted by Gasteiger charge is 2.55. The average molecular weight is 415 g/mol. The van der Waals surface area contributed by atoms with Crippen molar-refractivity contribution in [2.75, 3.05) is 32.6 Å². The van der Waals surface area contributed by atoms with Crippen molar-refractivity contribution in [3.05, 3.63) is 24.3 Å². The van der Waals surface area contributed by atoms with Crippen molar-refractivity contribution in [3.8, 4) is 5.75 Å². The van der Waals surface area contributed by atoms with Crippen molar-refractivity contribution >= 4 is 23.5 Å². The van der Waals surface area contributed by atoms with Crippen LogP contribution in [0.3, 0.4) is 0 Å². The van der Waals surface area contributed by atoms with Crippen molar-refractivity contribution in [3.63, 3.8) is 0 Å². The number of likely N-dealkylation sites (N-methyl/N-ethyl adjacent to an activating group) is 1. The lowest BCUT2D eigenvalue weighted by Gasteiger charge is -2.55. The lowest BCUT2D eigenvalue weighted by atomic mass is 9.49. The fourth-order valence-corrected chi connectivity index (χ4v) is 5.96. The molecule has 1 aromatic rings. The number of nitrogens with one attached hydrogen (secondary N) is 1. The van der Waals surface area contributed by atoms with E-state index in [2.05, 4.69) is 5.32 Å². The fourth-order valence-electron chi connectivity index (χ4n) is 5.96. The summed E-state index contributed by atoms with van der Waals surface area (Å²) in [5.74, 6) is 1.63. The molecule has 4 fully saturated rings. The number of ether oxygens (including phenoxy) is 2. The third-order valence-electron chi connectivity index (χ3n) is 6.96. The Morgan fingerprint density at radius 2 is 1.73 bits per heavy atom. The summed E-state index contributed by atoms with van der Waals surface area (Å²) in [6, 6.07) is 7.00. The Morgan fingerprint density at radius 3 is 2.33 bits per heavy atom. The molecule has 0 atom stereocenters. The third-order valence-corrected chi connectivity index (χ3v) is 6.96. The van der Waals surface area contributed by atoms with Crippen LogP contribution in [0.1, 0.15) is 38.5 Å². The predicted molar refractivity (Wildman–Crippen MR) is 111 cm³/mol. The lowest BCUT2D eigenvalue weighted by Crippen LogP contribution is -2.51. The van der Waals surface area contributed by atoms with E-state index in [9.17, 15) is 14.4 Å². The summed E-state index contributed by atoms with van der Waals surface area (Å²) in [5.41, 5.74) is 0.214. The van der Waals surface area contributed by atoms with E-state index in [1.807, 2.05) is 0 Å². The number of methoxy groups -OCH3 is 1. The molecule has 0 radical (unpaired) electrons. The van der Waals surface area contributed by atoms with Crippen molar-refractivity contribution in [2.45, 2.75) is 38.5 Å². The van der Waals surface area contributed by atoms with Crippen LogP contribution in [0.5, 0.6) is 5.75 Å². The van der Waals surface area contributed by atoms with Crippen molar-refractivity contribution < 1.29 is 23.9 Å². The van der Waals surface area contributed by atoms with Gasteiger partial charge in [-0.3, -0.25) is 14.4 Å². The normalized spacial score (nSPS) is 28.7. The highest BCUT2D eigenvalue weighted by molar-refractivity contribution is 5.95. The molecule has 30 heavy (non-hydrogen) atoms. The van der Waals surface area contributed by atoms with E-state index in [-0.39, 0.29) is 36.4 Å². The average Bonchev–Trinajstić information content (AvgIpc) is 2.70. The molecule has 1 N–H and O–H groups in total. The van der Waals surface area contributed by atoms with Gasteiger partial charge in [-0.2, -0.15) is 0 Å². The second kappa shape index (κ2) is 8.28. The van der Waals surface area contributed by atoms with E-state index in [1.165, 1.54) is 31.2 Å². The highest BCUT2D eigenvalue weighted by atomic mass is 16.5. The van der Waals surface area contributed by atoms with Crippen LogP contribution in [0.4, 0.5) is 5.69 Å². The molecule has 4 saturated carbocycles. The Morgan fingerprint density at radius 1 is 1.10 bits per heavy atom. The van der Waals surface area contributed by atoms with Gasteiger partial charge in [0.15, 0.2) is 6.61 Å². The first-order chi connectivity index (χ1) is 14.4. The van der Waals surface area contributed by atoms with Crippen LogP contribution in [0.15, 0.2) is 24.3 Å². The number of rotatable bonds is 7. The zero-order valence-electron chi connectivity index (χ0n) is 17.7. The number of anilines is 1. The predicted octanol–water partition coefficient (Wildman–Crippen LogP) is 2.85. The summed E-state index contributed by atoms with van der Waals surface area (Å²) in [5, 5.41) is 2.74. The van der Waals surface area contributed by atoms with E-state index < -0.39 is 0 Å². The van der Waals surface area contributed by atoms with Gasteiger partial charge in [0.2, 0.25) is 5.91 Å². The molecule has 7 heteroatoms. The van der Waals surface area contributed by atoms with Crippen LogP contribution in [-0.2, 0) is 19.1 Å². The quantitative estimate of drug-likeness (QED) is 0.694. The van der Waals surface area contributed by atoms with Gasteiger partial charge in [0, 0.05) is 18.8 Å². The first-order valence-electron chi connectivity index (χ1n) is 10.7. The second-order valence-electron chi connectivity index (χ2n) is 9.30. The Labute approximate surface area is 177 Å². The van der Waals surface area contributed by atoms with E-state index >= 15 is 0 Å². The Kier molecular flexibility index (Phi) is 5.71. The number of carbonyl (C=O) groups excluding carboxylic acids is 3. The largest absolute Gasteiger partial charge is 0.497 e. The van der Waals surface area contributed by atoms with Crippen LogP contribution in [-0.4, -0.2) is 50.0 Å². The number of amides is 2. The Bertz CT molecular complexity index is 801. The van der Waals surface area contributed by atoms with E-state index in [1.54, 1.807) is 31.4 Å². The first kappa shape index (κ1) is 20.7. The third kappa shape index (κ3) is 4.30. The van der Waals surface area contributed by atoms with Gasteiger partial charge in [-0.15, -0.1) is 0 Å². The number of carbonyl (C=O) groups is 3. The van der Waals surface area contributed by atoms with Crippen LogP contribution in [0, 0.1) is 23.2 Å². The molecular weight excluding hydrogens is 384 g/mol. The minimum absolute atomic E-state index is 0.120. The zero-order chi connectivity index (χ0) is 21.3. The molecule has 5 rings (SSSR count). The number of esters is 1. The Balaban J connectivity index is 1.25. The summed E-state index contributed by atoms with van der Waals surface area (Å²) in [4.78, 5) is 38.8. The minimum Gasteiger partial charge on any atom is -0.497 e. The van der Waals surface area contributed by atoms with Crippen LogP contribution < -0.4 is 10.1 Å². The molecule has 0 heterocycles. The topological polar surface area (TPSA) is 84.9 Å². The smallest absolute Gasteiger partial charge is 0.312 e. The van der Waals surface area contributed by atoms with Gasteiger partial charge < -0.3 is 19.7 Å². The maximum Gasteiger partial charge on any atom is 0.312 e. The fraction of sp³-hybridized carbons (Fsp3) is 0.609. The molecule has 0 aromatic heterocycles. The van der Waals surface area contributed by atoms with Gasteiger partial charge in [0.05, 0.1) is 19.1 Å². The molecule has 0 spiro atoms. The molecule has 4 aliphatic rings. The summed E-state index contributed by atoms with van der Waals surface area (Å²) in [7, 11) is 3.09. The second-order valence-corrected chi connectivity index (χ2v) is 9.30. The van der Waals surface area contributed by atoms with Crippen LogP contribution in [0.25, 0.3) is 0 Å². The van der Waals surface area contributed by atoms with Crippen LogP contribution >= 0.6 is 0 Å². The molecule has 2 amide bonds. The van der Waals surface area contributed by atoms with Gasteiger partial charge in [0.25, 0.3) is 5.91 Å². The van der Waals surface area contributed by atoms with Crippen molar-refractivity contribution in [1.82, 2.24) is 4.90 Å². The molecule has 162 valence electrons. The molecule has 1 aromatic carbocycles. The highest BCUT2D eigenvalue weighted by Crippen LogP contribution is 2.60. The molecule has 0 saturated heterocycles. The maximum absolute atomic E-state index is 12.9. The van der Waals surface area contributed by atoms with E-state index in [0.29, 0.717) is 29.2 Å². The number of hydrogen-bond acceptors (Lipinski definition) is 5. The zero-order valence-corrected chi connectivity index (χ0v) is 17.7. The van der Waals surface area contributed by atoms with Crippen molar-refractivity contribution in [2.24, 2.45) is 23.2 Å². The van der Waals surface area contributed by atoms with Gasteiger partial charge in [-0.05, 0) is 68.4 Å². The molecule has 4 aliphatic carbocycles. The van der Waals surface area contributed by atoms with E-state index in [4.69, 9.17) is 9.47 Å². The summed E-state index contributed by atoms with van der Waals surface area (Å²) in [6.07, 6.45) is 6.46. The number of benzene rings is 1. The monoisotopic (exact) mass is 414 g/mol. The molecule has 0 unspecified atom stereocenters. The number of hydrogen-bond donors (Lipinski definition) is 1. The minimum atomic E-state index is -0.381. The van der Waals surface area contributed by atoms with Gasteiger partial charge in [-0.1, -0.05) is 6.07 Å². The summed E-state index contributed by atoms with van der Waals surface area (Å²) < 4.78 is 10.6. The standard InChI is InChI=1S/C23H30N2O5/c1-25(13-20(26)24-18-4-3-5-19(9-18)29-2)21(27)14-30-22(28)23-10-15-6-16(11-23)8-17(7-15)12-23/h3-5,9,15-17H,6-8,10-14H2,1-2H3,(H,24,26). The maximum atomic E-state index is 12.9. The summed E-state index contributed by atoms with van der Waals surface area (Å²) in [6.45, 7) is -0.436. The molecular formula is C23H30N2O5. The number of nitrogens with zero attached hydrogens (tertiary/aromatic N) is 1. The molecule has 4 bridgehead atoms. The Hall–Kier alpha value is -2.57. The SMILES string of the molecule is COc1cccc(NC(=O)CN(C)C(=O)COC(=O)C23CC4CC(CC(C4)C2)C3)c1. The molecule has 7 nitrogen and oxygen atoms in total. The first-order valence-corrected chi connectivity index (χ1v) is 10.7. The van der Waals surface area contributed by atoms with Gasteiger partial charge in [-0.25, -0.2) is 0 Å². The van der Waals surface area contributed by atoms with Gasteiger partial charge in [0.1, 0.15) is 5.75 Å². The van der Waals surface area contributed by atoms with Crippen LogP contribution in [0.2, 0.25) is 0 Å².